The van der Waals surface area contributed by atoms with Crippen LogP contribution in [0.15, 0.2) is 29.6 Å². The lowest BCUT2D eigenvalue weighted by Crippen LogP contribution is -2.55. The van der Waals surface area contributed by atoms with Gasteiger partial charge in [0.25, 0.3) is 5.91 Å². The van der Waals surface area contributed by atoms with Crippen LogP contribution in [-0.4, -0.2) is 40.0 Å². The Balaban J connectivity index is 2.00. The first kappa shape index (κ1) is 23.9. The Kier molecular flexibility index (Phi) is 6.93. The van der Waals surface area contributed by atoms with Crippen LogP contribution in [-0.2, 0) is 13.8 Å². The highest BCUT2D eigenvalue weighted by Gasteiger charge is 2.46. The summed E-state index contributed by atoms with van der Waals surface area (Å²) in [7, 11) is -4.77. The Morgan fingerprint density at radius 1 is 1.32 bits per heavy atom. The largest absolute Gasteiger partial charge is 0.485 e. The first-order valence-electron chi connectivity index (χ1n) is 9.08. The number of phosphoric acid groups is 1. The molecule has 2 aromatic rings. The van der Waals surface area contributed by atoms with E-state index < -0.39 is 38.3 Å². The maximum Gasteiger partial charge on any atom is 0.471 e. The normalized spacial score (nSPS) is 19.9. The molecule has 0 radical (unpaired) electrons. The van der Waals surface area contributed by atoms with Gasteiger partial charge in [-0.25, -0.2) is 4.57 Å². The minimum absolute atomic E-state index is 0.180. The van der Waals surface area contributed by atoms with E-state index in [1.54, 1.807) is 43.5 Å². The Hall–Kier alpha value is -1.78. The van der Waals surface area contributed by atoms with Crippen molar-refractivity contribution in [1.82, 2.24) is 5.32 Å². The Labute approximate surface area is 187 Å². The lowest BCUT2D eigenvalue weighted by molar-refractivity contribution is -0.141. The molecule has 1 aromatic heterocycles. The summed E-state index contributed by atoms with van der Waals surface area (Å²) in [5.41, 5.74) is 0.123. The molecule has 31 heavy (non-hydrogen) atoms. The zero-order valence-electron chi connectivity index (χ0n) is 16.8. The fourth-order valence-corrected chi connectivity index (χ4v) is 4.42. The zero-order chi connectivity index (χ0) is 23.0. The van der Waals surface area contributed by atoms with Crippen molar-refractivity contribution in [1.29, 1.82) is 0 Å². The van der Waals surface area contributed by atoms with E-state index in [0.29, 0.717) is 21.2 Å². The molecule has 1 aromatic carbocycles. The van der Waals surface area contributed by atoms with Crippen LogP contribution in [0.5, 0.6) is 5.75 Å². The van der Waals surface area contributed by atoms with Crippen LogP contribution < -0.4 is 10.1 Å². The van der Waals surface area contributed by atoms with Gasteiger partial charge in [-0.1, -0.05) is 11.6 Å². The molecule has 12 heteroatoms. The lowest BCUT2D eigenvalue weighted by Gasteiger charge is -2.44. The number of Topliss-reactive ketones (excluding diaryl/α,β-unsaturated/α-hetero) is 1. The number of carbonyl (C=O) groups excluding carboxylic acids is 2. The molecule has 0 saturated heterocycles. The van der Waals surface area contributed by atoms with Crippen LogP contribution in [0, 0.1) is 0 Å². The van der Waals surface area contributed by atoms with Gasteiger partial charge in [0.2, 0.25) is 0 Å². The standard InChI is InChI=1S/C19H21ClNO8PS/c1-10(22)11-4-5-14-13(8-11)15(21-18(23)12-6-7-31-17(12)20)16(19(2,3)29-14)27-9-28-30(24,25)26/h4-8,15-16H,9H2,1-3H3,(H,21,23)(H2,24,25,26)/t15-,16+/m1/s1. The van der Waals surface area contributed by atoms with E-state index in [2.05, 4.69) is 9.84 Å². The first-order valence-corrected chi connectivity index (χ1v) is 11.9. The highest BCUT2D eigenvalue weighted by Crippen LogP contribution is 2.43. The quantitative estimate of drug-likeness (QED) is 0.305. The SMILES string of the molecule is CC(=O)c1ccc2c(c1)[C@@H](NC(=O)c1ccsc1Cl)[C@H](OCOP(=O)(O)O)C(C)(C)O2. The van der Waals surface area contributed by atoms with Crippen LogP contribution >= 0.6 is 30.8 Å². The van der Waals surface area contributed by atoms with Crippen LogP contribution in [0.2, 0.25) is 4.34 Å². The number of benzene rings is 1. The molecule has 9 nitrogen and oxygen atoms in total. The van der Waals surface area contributed by atoms with Gasteiger partial charge < -0.3 is 24.6 Å². The molecule has 2 atom stereocenters. The Morgan fingerprint density at radius 3 is 2.61 bits per heavy atom. The maximum absolute atomic E-state index is 12.9. The number of thiophene rings is 1. The Bertz CT molecular complexity index is 1050. The monoisotopic (exact) mass is 489 g/mol. The first-order chi connectivity index (χ1) is 14.4. The molecule has 1 aliphatic heterocycles. The van der Waals surface area contributed by atoms with Gasteiger partial charge >= 0.3 is 7.82 Å². The van der Waals surface area contributed by atoms with Crippen molar-refractivity contribution in [3.63, 3.8) is 0 Å². The summed E-state index contributed by atoms with van der Waals surface area (Å²) in [5.74, 6) is -0.217. The van der Waals surface area contributed by atoms with E-state index >= 15 is 0 Å². The molecule has 0 unspecified atom stereocenters. The molecule has 2 heterocycles. The third-order valence-electron chi connectivity index (χ3n) is 4.73. The second kappa shape index (κ2) is 8.99. The van der Waals surface area contributed by atoms with Crippen molar-refractivity contribution < 1.29 is 37.9 Å². The zero-order valence-corrected chi connectivity index (χ0v) is 19.3. The van der Waals surface area contributed by atoms with Crippen molar-refractivity contribution in [2.45, 2.75) is 38.5 Å². The summed E-state index contributed by atoms with van der Waals surface area (Å²) in [5, 5.41) is 4.53. The minimum Gasteiger partial charge on any atom is -0.485 e. The minimum atomic E-state index is -4.77. The number of ether oxygens (including phenoxy) is 2. The number of amides is 1. The average Bonchev–Trinajstić information content (AvgIpc) is 3.08. The lowest BCUT2D eigenvalue weighted by atomic mass is 9.85. The molecular formula is C19H21ClNO8PS. The highest BCUT2D eigenvalue weighted by atomic mass is 35.5. The van der Waals surface area contributed by atoms with Crippen molar-refractivity contribution in [3.8, 4) is 5.75 Å². The van der Waals surface area contributed by atoms with E-state index in [1.165, 1.54) is 18.3 Å². The summed E-state index contributed by atoms with van der Waals surface area (Å²) >= 11 is 7.30. The van der Waals surface area contributed by atoms with Gasteiger partial charge in [0.1, 0.15) is 21.8 Å². The van der Waals surface area contributed by atoms with E-state index in [9.17, 15) is 14.2 Å². The molecule has 0 aliphatic carbocycles. The number of ketones is 1. The van der Waals surface area contributed by atoms with Crippen molar-refractivity contribution in [2.24, 2.45) is 0 Å². The van der Waals surface area contributed by atoms with Crippen LogP contribution in [0.25, 0.3) is 0 Å². The number of carbonyl (C=O) groups is 2. The predicted molar refractivity (Wildman–Crippen MR) is 114 cm³/mol. The van der Waals surface area contributed by atoms with E-state index in [4.69, 9.17) is 30.9 Å². The molecular weight excluding hydrogens is 469 g/mol. The molecule has 3 N–H and O–H groups in total. The van der Waals surface area contributed by atoms with Crippen molar-refractivity contribution in [3.05, 3.63) is 50.7 Å². The summed E-state index contributed by atoms with van der Waals surface area (Å²) < 4.78 is 27.4. The molecule has 1 amide bonds. The van der Waals surface area contributed by atoms with Gasteiger partial charge in [0.15, 0.2) is 12.6 Å². The van der Waals surface area contributed by atoms with E-state index in [1.807, 2.05) is 0 Å². The van der Waals surface area contributed by atoms with Gasteiger partial charge in [-0.05, 0) is 50.4 Å². The number of phosphoric ester groups is 1. The molecule has 0 spiro atoms. The summed E-state index contributed by atoms with van der Waals surface area (Å²) in [4.78, 5) is 42.7. The maximum atomic E-state index is 12.9. The fraction of sp³-hybridized carbons (Fsp3) is 0.368. The number of hydrogen-bond donors (Lipinski definition) is 3. The van der Waals surface area contributed by atoms with E-state index in [0.717, 1.165) is 0 Å². The molecule has 3 rings (SSSR count). The smallest absolute Gasteiger partial charge is 0.471 e. The van der Waals surface area contributed by atoms with E-state index in [-0.39, 0.29) is 11.3 Å². The highest BCUT2D eigenvalue weighted by molar-refractivity contribution is 7.46. The molecule has 168 valence electrons. The number of nitrogens with one attached hydrogen (secondary N) is 1. The summed E-state index contributed by atoms with van der Waals surface area (Å²) in [6.45, 7) is 4.08. The van der Waals surface area contributed by atoms with Gasteiger partial charge in [-0.15, -0.1) is 11.3 Å². The van der Waals surface area contributed by atoms with Crippen molar-refractivity contribution >= 4 is 42.5 Å². The van der Waals surface area contributed by atoms with Crippen LogP contribution in [0.4, 0.5) is 0 Å². The van der Waals surface area contributed by atoms with Gasteiger partial charge in [0.05, 0.1) is 11.6 Å². The number of fused-ring (bicyclic) bond motifs is 1. The fourth-order valence-electron chi connectivity index (χ4n) is 3.31. The molecule has 1 aliphatic rings. The van der Waals surface area contributed by atoms with Crippen LogP contribution in [0.3, 0.4) is 0 Å². The molecule has 0 fully saturated rings. The molecule has 0 bridgehead atoms. The average molecular weight is 490 g/mol. The second-order valence-corrected chi connectivity index (χ2v) is 10.2. The van der Waals surface area contributed by atoms with Gasteiger partial charge in [-0.2, -0.15) is 0 Å². The Morgan fingerprint density at radius 2 is 2.03 bits per heavy atom. The third kappa shape index (κ3) is 5.53. The van der Waals surface area contributed by atoms with Gasteiger partial charge in [0, 0.05) is 11.1 Å². The van der Waals surface area contributed by atoms with Gasteiger partial charge in [-0.3, -0.25) is 14.1 Å². The number of hydrogen-bond acceptors (Lipinski definition) is 7. The summed E-state index contributed by atoms with van der Waals surface area (Å²) in [6.07, 6.45) is -0.921. The topological polar surface area (TPSA) is 131 Å². The number of halogens is 1. The third-order valence-corrected chi connectivity index (χ3v) is 6.34. The number of rotatable bonds is 7. The van der Waals surface area contributed by atoms with Crippen LogP contribution in [0.1, 0.15) is 53.1 Å². The van der Waals surface area contributed by atoms with Crippen molar-refractivity contribution in [2.75, 3.05) is 6.79 Å². The molecule has 0 saturated carbocycles. The summed E-state index contributed by atoms with van der Waals surface area (Å²) in [6, 6.07) is 5.58. The second-order valence-electron chi connectivity index (χ2n) is 7.40. The predicted octanol–water partition coefficient (Wildman–Crippen LogP) is 3.70.